The van der Waals surface area contributed by atoms with Crippen molar-refractivity contribution in [2.24, 2.45) is 0 Å². The number of halogens is 1. The highest BCUT2D eigenvalue weighted by Crippen LogP contribution is 2.26. The van der Waals surface area contributed by atoms with Gasteiger partial charge in [0.25, 0.3) is 11.5 Å². The summed E-state index contributed by atoms with van der Waals surface area (Å²) in [5.41, 5.74) is 1.13. The standard InChI is InChI=1S/C29H34FN5O5/c30-22-6-4-20(5-7-22)17-21-18-23-26(32-19-21)27(37)25(28(38)31-8-2-9-33-13-15-40-16-14-33)29(39)35(23)12-11-34-10-1-3-24(34)36/h4-7,18-19,37H,1-3,8-17H2,(H,31,38). The topological polar surface area (TPSA) is 117 Å². The van der Waals surface area contributed by atoms with Crippen LogP contribution in [0.4, 0.5) is 4.39 Å². The lowest BCUT2D eigenvalue weighted by Gasteiger charge is -2.26. The van der Waals surface area contributed by atoms with Gasteiger partial charge in [-0.2, -0.15) is 0 Å². The number of nitrogens with zero attached hydrogens (tertiary/aromatic N) is 4. The van der Waals surface area contributed by atoms with Gasteiger partial charge >= 0.3 is 0 Å². The molecule has 3 aromatic rings. The second-order valence-corrected chi connectivity index (χ2v) is 10.2. The number of aromatic hydroxyl groups is 1. The van der Waals surface area contributed by atoms with E-state index in [9.17, 15) is 23.9 Å². The fourth-order valence-electron chi connectivity index (χ4n) is 5.29. The highest BCUT2D eigenvalue weighted by molar-refractivity contribution is 6.01. The van der Waals surface area contributed by atoms with Crippen LogP contribution in [-0.2, 0) is 22.5 Å². The largest absolute Gasteiger partial charge is 0.505 e. The molecule has 0 spiro atoms. The second kappa shape index (κ2) is 12.6. The first kappa shape index (κ1) is 27.7. The van der Waals surface area contributed by atoms with Crippen molar-refractivity contribution in [3.8, 4) is 5.75 Å². The van der Waals surface area contributed by atoms with Crippen LogP contribution >= 0.6 is 0 Å². The van der Waals surface area contributed by atoms with Gasteiger partial charge in [-0.1, -0.05) is 12.1 Å². The van der Waals surface area contributed by atoms with Crippen LogP contribution in [0.3, 0.4) is 0 Å². The SMILES string of the molecule is O=C(NCCCN1CCOCC1)c1c(O)c2ncc(Cc3ccc(F)cc3)cc2n(CCN2CCCC2=O)c1=O. The normalized spacial score (nSPS) is 16.1. The summed E-state index contributed by atoms with van der Waals surface area (Å²) < 4.78 is 20.1. The number of aromatic nitrogens is 2. The average Bonchev–Trinajstić information content (AvgIpc) is 3.37. The molecule has 2 amide bonds. The first-order valence-corrected chi connectivity index (χ1v) is 13.8. The molecule has 0 aliphatic carbocycles. The molecule has 0 saturated carbocycles. The number of hydrogen-bond acceptors (Lipinski definition) is 7. The number of hydrogen-bond donors (Lipinski definition) is 2. The minimum Gasteiger partial charge on any atom is -0.505 e. The van der Waals surface area contributed by atoms with Crippen molar-refractivity contribution >= 4 is 22.8 Å². The monoisotopic (exact) mass is 551 g/mol. The Kier molecular flexibility index (Phi) is 8.71. The summed E-state index contributed by atoms with van der Waals surface area (Å²) in [5, 5.41) is 13.8. The summed E-state index contributed by atoms with van der Waals surface area (Å²) in [5.74, 6) is -1.42. The highest BCUT2D eigenvalue weighted by Gasteiger charge is 2.25. The minimum absolute atomic E-state index is 0.0319. The van der Waals surface area contributed by atoms with E-state index in [1.54, 1.807) is 29.3 Å². The number of morpholine rings is 1. The van der Waals surface area contributed by atoms with Crippen molar-refractivity contribution in [1.82, 2.24) is 24.7 Å². The Hall–Kier alpha value is -3.83. The molecule has 2 aliphatic rings. The lowest BCUT2D eigenvalue weighted by molar-refractivity contribution is -0.127. The quantitative estimate of drug-likeness (QED) is 0.370. The van der Waals surface area contributed by atoms with Gasteiger partial charge in [-0.05, 0) is 55.1 Å². The molecule has 2 N–H and O–H groups in total. The van der Waals surface area contributed by atoms with Gasteiger partial charge in [0.15, 0.2) is 5.75 Å². The molecule has 5 rings (SSSR count). The van der Waals surface area contributed by atoms with Crippen molar-refractivity contribution in [1.29, 1.82) is 0 Å². The molecule has 2 aliphatic heterocycles. The van der Waals surface area contributed by atoms with E-state index in [-0.39, 0.29) is 29.3 Å². The van der Waals surface area contributed by atoms with Gasteiger partial charge < -0.3 is 24.6 Å². The molecule has 0 unspecified atom stereocenters. The van der Waals surface area contributed by atoms with Gasteiger partial charge in [-0.15, -0.1) is 0 Å². The predicted molar refractivity (Wildman–Crippen MR) is 147 cm³/mol. The summed E-state index contributed by atoms with van der Waals surface area (Å²) in [7, 11) is 0. The van der Waals surface area contributed by atoms with Gasteiger partial charge in [-0.3, -0.25) is 24.3 Å². The molecule has 2 aromatic heterocycles. The van der Waals surface area contributed by atoms with Gasteiger partial charge in [0.2, 0.25) is 5.91 Å². The molecule has 1 aromatic carbocycles. The number of nitrogens with one attached hydrogen (secondary N) is 1. The third-order valence-corrected chi connectivity index (χ3v) is 7.49. The maximum Gasteiger partial charge on any atom is 0.267 e. The van der Waals surface area contributed by atoms with Crippen LogP contribution in [0.1, 0.15) is 40.7 Å². The smallest absolute Gasteiger partial charge is 0.267 e. The number of benzene rings is 1. The number of fused-ring (bicyclic) bond motifs is 1. The Morgan fingerprint density at radius 3 is 2.55 bits per heavy atom. The zero-order valence-electron chi connectivity index (χ0n) is 22.4. The maximum absolute atomic E-state index is 13.7. The average molecular weight is 552 g/mol. The summed E-state index contributed by atoms with van der Waals surface area (Å²) in [6.07, 6.45) is 3.96. The fraction of sp³-hybridized carbons (Fsp3) is 0.448. The Labute approximate surface area is 231 Å². The first-order valence-electron chi connectivity index (χ1n) is 13.8. The van der Waals surface area contributed by atoms with E-state index in [4.69, 9.17) is 4.74 Å². The molecule has 0 atom stereocenters. The van der Waals surface area contributed by atoms with Crippen LogP contribution in [0.2, 0.25) is 0 Å². The predicted octanol–water partition coefficient (Wildman–Crippen LogP) is 1.91. The summed E-state index contributed by atoms with van der Waals surface area (Å²) in [6.45, 7) is 5.29. The van der Waals surface area contributed by atoms with E-state index in [0.29, 0.717) is 57.6 Å². The molecular weight excluding hydrogens is 517 g/mol. The lowest BCUT2D eigenvalue weighted by atomic mass is 10.1. The molecule has 4 heterocycles. The van der Waals surface area contributed by atoms with E-state index < -0.39 is 17.2 Å². The van der Waals surface area contributed by atoms with Crippen molar-refractivity contribution < 1.29 is 23.8 Å². The van der Waals surface area contributed by atoms with Crippen LogP contribution in [0, 0.1) is 5.82 Å². The number of carbonyl (C=O) groups excluding carboxylic acids is 2. The second-order valence-electron chi connectivity index (χ2n) is 10.2. The van der Waals surface area contributed by atoms with Crippen LogP contribution in [0.5, 0.6) is 5.75 Å². The number of pyridine rings is 2. The fourth-order valence-corrected chi connectivity index (χ4v) is 5.29. The van der Waals surface area contributed by atoms with Crippen molar-refractivity contribution in [2.45, 2.75) is 32.2 Å². The van der Waals surface area contributed by atoms with E-state index in [1.807, 2.05) is 0 Å². The number of ether oxygens (including phenoxy) is 1. The molecule has 10 nitrogen and oxygen atoms in total. The number of amides is 2. The van der Waals surface area contributed by atoms with E-state index >= 15 is 0 Å². The first-order chi connectivity index (χ1) is 19.4. The zero-order chi connectivity index (χ0) is 28.1. The van der Waals surface area contributed by atoms with Crippen LogP contribution in [0.25, 0.3) is 11.0 Å². The molecule has 2 saturated heterocycles. The Morgan fingerprint density at radius 2 is 1.82 bits per heavy atom. The van der Waals surface area contributed by atoms with Crippen LogP contribution < -0.4 is 10.9 Å². The zero-order valence-corrected chi connectivity index (χ0v) is 22.4. The van der Waals surface area contributed by atoms with Crippen LogP contribution in [0.15, 0.2) is 41.3 Å². The van der Waals surface area contributed by atoms with E-state index in [2.05, 4.69) is 15.2 Å². The third-order valence-electron chi connectivity index (χ3n) is 7.49. The van der Waals surface area contributed by atoms with E-state index in [1.165, 1.54) is 16.7 Å². The van der Waals surface area contributed by atoms with Crippen molar-refractivity contribution in [3.05, 3.63) is 69.4 Å². The van der Waals surface area contributed by atoms with E-state index in [0.717, 1.165) is 37.2 Å². The Bertz CT molecular complexity index is 1440. The number of likely N-dealkylation sites (tertiary alicyclic amines) is 1. The Morgan fingerprint density at radius 1 is 1.05 bits per heavy atom. The molecule has 0 bridgehead atoms. The molecule has 11 heteroatoms. The van der Waals surface area contributed by atoms with Gasteiger partial charge in [0, 0.05) is 51.9 Å². The van der Waals surface area contributed by atoms with Crippen molar-refractivity contribution in [3.63, 3.8) is 0 Å². The highest BCUT2D eigenvalue weighted by atomic mass is 19.1. The molecular formula is C29H34FN5O5. The molecule has 212 valence electrons. The summed E-state index contributed by atoms with van der Waals surface area (Å²) >= 11 is 0. The molecule has 40 heavy (non-hydrogen) atoms. The number of rotatable bonds is 10. The minimum atomic E-state index is -0.658. The van der Waals surface area contributed by atoms with Gasteiger partial charge in [-0.25, -0.2) is 4.39 Å². The van der Waals surface area contributed by atoms with Crippen LogP contribution in [-0.4, -0.2) is 88.8 Å². The number of carbonyl (C=O) groups is 2. The summed E-state index contributed by atoms with van der Waals surface area (Å²) in [6, 6.07) is 7.86. The maximum atomic E-state index is 13.7. The Balaban J connectivity index is 1.41. The van der Waals surface area contributed by atoms with Gasteiger partial charge in [0.05, 0.1) is 18.7 Å². The lowest BCUT2D eigenvalue weighted by Crippen LogP contribution is -2.39. The van der Waals surface area contributed by atoms with Crippen molar-refractivity contribution in [2.75, 3.05) is 52.5 Å². The third kappa shape index (κ3) is 6.31. The molecule has 0 radical (unpaired) electrons. The summed E-state index contributed by atoms with van der Waals surface area (Å²) in [4.78, 5) is 47.4. The molecule has 2 fully saturated rings. The van der Waals surface area contributed by atoms with Gasteiger partial charge in [0.1, 0.15) is 16.9 Å².